The zero-order chi connectivity index (χ0) is 24.4. The number of nitrogens with zero attached hydrogens (tertiary/aromatic N) is 1. The Balaban J connectivity index is 1.48. The van der Waals surface area contributed by atoms with E-state index in [9.17, 15) is 14.0 Å². The molecule has 0 aromatic heterocycles. The summed E-state index contributed by atoms with van der Waals surface area (Å²) in [7, 11) is 0. The molecular formula is C28H20ClFN2O3. The van der Waals surface area contributed by atoms with E-state index in [1.54, 1.807) is 36.4 Å². The summed E-state index contributed by atoms with van der Waals surface area (Å²) in [5, 5.41) is 5.08. The minimum Gasteiger partial charge on any atom is -0.488 e. The molecule has 4 aromatic carbocycles. The number of amides is 3. The number of carbonyl (C=O) groups is 2. The molecule has 0 spiro atoms. The number of hydrogen-bond acceptors (Lipinski definition) is 3. The van der Waals surface area contributed by atoms with Crippen molar-refractivity contribution in [1.82, 2.24) is 10.2 Å². The van der Waals surface area contributed by atoms with Crippen molar-refractivity contribution in [2.75, 3.05) is 0 Å². The second-order valence-electron chi connectivity index (χ2n) is 8.08. The van der Waals surface area contributed by atoms with E-state index in [2.05, 4.69) is 5.32 Å². The first-order chi connectivity index (χ1) is 17.0. The standard InChI is InChI=1S/C28H20ClFN2O3/c29-21-12-9-18(10-13-21)17-35-26-14-11-19-5-1-3-7-22(19)23(26)15-25-27(33)32(28(34)31-25)16-20-6-2-4-8-24(20)30/h1-15H,16-17H2,(H,31,34)/b25-15+. The van der Waals surface area contributed by atoms with Gasteiger partial charge >= 0.3 is 6.03 Å². The molecule has 1 aliphatic rings. The van der Waals surface area contributed by atoms with Gasteiger partial charge < -0.3 is 10.1 Å². The summed E-state index contributed by atoms with van der Waals surface area (Å²) in [6.45, 7) is 0.134. The normalized spacial score (nSPS) is 14.6. The smallest absolute Gasteiger partial charge is 0.329 e. The summed E-state index contributed by atoms with van der Waals surface area (Å²) in [6.07, 6.45) is 1.61. The maximum absolute atomic E-state index is 14.1. The lowest BCUT2D eigenvalue weighted by Crippen LogP contribution is -2.30. The van der Waals surface area contributed by atoms with Crippen molar-refractivity contribution in [3.63, 3.8) is 0 Å². The molecule has 1 fully saturated rings. The Morgan fingerprint density at radius 1 is 0.914 bits per heavy atom. The van der Waals surface area contributed by atoms with Gasteiger partial charge in [0, 0.05) is 16.1 Å². The van der Waals surface area contributed by atoms with Gasteiger partial charge in [-0.25, -0.2) is 9.18 Å². The summed E-state index contributed by atoms with van der Waals surface area (Å²) < 4.78 is 20.2. The summed E-state index contributed by atoms with van der Waals surface area (Å²) in [6, 6.07) is 24.3. The third kappa shape index (κ3) is 4.74. The van der Waals surface area contributed by atoms with Gasteiger partial charge in [-0.05, 0) is 46.7 Å². The van der Waals surface area contributed by atoms with Crippen molar-refractivity contribution in [2.45, 2.75) is 13.2 Å². The van der Waals surface area contributed by atoms with Crippen LogP contribution in [0.4, 0.5) is 9.18 Å². The van der Waals surface area contributed by atoms with Crippen LogP contribution in [0.15, 0.2) is 90.6 Å². The highest BCUT2D eigenvalue weighted by Gasteiger charge is 2.34. The van der Waals surface area contributed by atoms with Crippen LogP contribution in [0.5, 0.6) is 5.75 Å². The molecular weight excluding hydrogens is 467 g/mol. The third-order valence-electron chi connectivity index (χ3n) is 5.78. The lowest BCUT2D eigenvalue weighted by molar-refractivity contribution is -0.123. The molecule has 35 heavy (non-hydrogen) atoms. The second-order valence-corrected chi connectivity index (χ2v) is 8.52. The Labute approximate surface area is 206 Å². The predicted octanol–water partition coefficient (Wildman–Crippen LogP) is 6.30. The molecule has 7 heteroatoms. The van der Waals surface area contributed by atoms with Gasteiger partial charge in [-0.2, -0.15) is 0 Å². The molecule has 0 radical (unpaired) electrons. The number of fused-ring (bicyclic) bond motifs is 1. The molecule has 174 valence electrons. The summed E-state index contributed by atoms with van der Waals surface area (Å²) >= 11 is 5.97. The number of hydrogen-bond donors (Lipinski definition) is 1. The van der Waals surface area contributed by atoms with Crippen molar-refractivity contribution in [1.29, 1.82) is 0 Å². The quantitative estimate of drug-likeness (QED) is 0.257. The van der Waals surface area contributed by atoms with E-state index in [1.807, 2.05) is 48.5 Å². The highest BCUT2D eigenvalue weighted by molar-refractivity contribution is 6.30. The van der Waals surface area contributed by atoms with Gasteiger partial charge in [-0.3, -0.25) is 9.69 Å². The summed E-state index contributed by atoms with van der Waals surface area (Å²) in [5.74, 6) is -0.451. The largest absolute Gasteiger partial charge is 0.488 e. The highest BCUT2D eigenvalue weighted by Crippen LogP contribution is 2.32. The molecule has 5 nitrogen and oxygen atoms in total. The van der Waals surface area contributed by atoms with Crippen LogP contribution in [0.3, 0.4) is 0 Å². The number of urea groups is 1. The number of imide groups is 1. The van der Waals surface area contributed by atoms with E-state index < -0.39 is 17.8 Å². The number of ether oxygens (including phenoxy) is 1. The van der Waals surface area contributed by atoms with E-state index >= 15 is 0 Å². The molecule has 5 rings (SSSR count). The van der Waals surface area contributed by atoms with Gasteiger partial charge in [-0.1, -0.05) is 72.3 Å². The lowest BCUT2D eigenvalue weighted by Gasteiger charge is -2.13. The van der Waals surface area contributed by atoms with Gasteiger partial charge in [0.15, 0.2) is 0 Å². The Kier molecular flexibility index (Phi) is 6.21. The summed E-state index contributed by atoms with van der Waals surface area (Å²) in [5.41, 5.74) is 1.95. The number of nitrogens with one attached hydrogen (secondary N) is 1. The Hall–Kier alpha value is -4.16. The van der Waals surface area contributed by atoms with E-state index in [1.165, 1.54) is 6.07 Å². The van der Waals surface area contributed by atoms with Crippen LogP contribution in [0.2, 0.25) is 5.02 Å². The van der Waals surface area contributed by atoms with Gasteiger partial charge in [0.25, 0.3) is 5.91 Å². The van der Waals surface area contributed by atoms with Gasteiger partial charge in [-0.15, -0.1) is 0 Å². The fraction of sp³-hybridized carbons (Fsp3) is 0.0714. The molecule has 0 saturated carbocycles. The summed E-state index contributed by atoms with van der Waals surface area (Å²) in [4.78, 5) is 26.7. The van der Waals surface area contributed by atoms with E-state index in [0.29, 0.717) is 22.9 Å². The number of carbonyl (C=O) groups excluding carboxylic acids is 2. The average molecular weight is 487 g/mol. The molecule has 0 bridgehead atoms. The van der Waals surface area contributed by atoms with Crippen LogP contribution >= 0.6 is 11.6 Å². The van der Waals surface area contributed by atoms with Crippen LogP contribution < -0.4 is 10.1 Å². The number of benzene rings is 4. The second kappa shape index (κ2) is 9.60. The maximum atomic E-state index is 14.1. The molecule has 1 saturated heterocycles. The van der Waals surface area contributed by atoms with E-state index in [0.717, 1.165) is 21.2 Å². The molecule has 0 aliphatic carbocycles. The fourth-order valence-electron chi connectivity index (χ4n) is 3.95. The third-order valence-corrected chi connectivity index (χ3v) is 6.03. The van der Waals surface area contributed by atoms with E-state index in [4.69, 9.17) is 16.3 Å². The van der Waals surface area contributed by atoms with Crippen molar-refractivity contribution >= 4 is 40.4 Å². The average Bonchev–Trinajstić information content (AvgIpc) is 3.13. The molecule has 3 amide bonds. The van der Waals surface area contributed by atoms with Crippen LogP contribution in [0, 0.1) is 5.82 Å². The van der Waals surface area contributed by atoms with Gasteiger partial charge in [0.2, 0.25) is 0 Å². The van der Waals surface area contributed by atoms with Gasteiger partial charge in [0.05, 0.1) is 6.54 Å². The maximum Gasteiger partial charge on any atom is 0.329 e. The zero-order valence-corrected chi connectivity index (χ0v) is 19.3. The predicted molar refractivity (Wildman–Crippen MR) is 133 cm³/mol. The monoisotopic (exact) mass is 486 g/mol. The zero-order valence-electron chi connectivity index (χ0n) is 18.5. The molecule has 1 N–H and O–H groups in total. The fourth-order valence-corrected chi connectivity index (χ4v) is 4.07. The lowest BCUT2D eigenvalue weighted by atomic mass is 10.0. The molecule has 0 atom stereocenters. The number of rotatable bonds is 6. The van der Waals surface area contributed by atoms with E-state index in [-0.39, 0.29) is 17.8 Å². The first kappa shape index (κ1) is 22.6. The van der Waals surface area contributed by atoms with Crippen molar-refractivity contribution in [3.8, 4) is 5.75 Å². The van der Waals surface area contributed by atoms with Crippen molar-refractivity contribution < 1.29 is 18.7 Å². The minimum atomic E-state index is -0.603. The van der Waals surface area contributed by atoms with Crippen LogP contribution in [0.25, 0.3) is 16.8 Å². The molecule has 0 unspecified atom stereocenters. The Morgan fingerprint density at radius 3 is 2.46 bits per heavy atom. The SMILES string of the molecule is O=C1N/C(=C/c2c(OCc3ccc(Cl)cc3)ccc3ccccc23)C(=O)N1Cc1ccccc1F. The van der Waals surface area contributed by atoms with Crippen LogP contribution in [-0.4, -0.2) is 16.8 Å². The first-order valence-corrected chi connectivity index (χ1v) is 11.3. The molecule has 1 heterocycles. The highest BCUT2D eigenvalue weighted by atomic mass is 35.5. The molecule has 1 aliphatic heterocycles. The molecule has 4 aromatic rings. The first-order valence-electron chi connectivity index (χ1n) is 11.0. The van der Waals surface area contributed by atoms with Crippen LogP contribution in [-0.2, 0) is 17.9 Å². The van der Waals surface area contributed by atoms with Crippen molar-refractivity contribution in [3.05, 3.63) is 118 Å². The van der Waals surface area contributed by atoms with Gasteiger partial charge in [0.1, 0.15) is 23.9 Å². The Bertz CT molecular complexity index is 1470. The van der Waals surface area contributed by atoms with Crippen molar-refractivity contribution in [2.24, 2.45) is 0 Å². The number of halogens is 2. The topological polar surface area (TPSA) is 58.6 Å². The minimum absolute atomic E-state index is 0.0963. The Morgan fingerprint density at radius 2 is 1.66 bits per heavy atom. The van der Waals surface area contributed by atoms with Crippen LogP contribution in [0.1, 0.15) is 16.7 Å².